The molecule has 4 aliphatic carbocycles. The van der Waals surface area contributed by atoms with Gasteiger partial charge in [0.25, 0.3) is 0 Å². The molecule has 1 N–H and O–H groups in total. The van der Waals surface area contributed by atoms with Gasteiger partial charge in [0.2, 0.25) is 0 Å². The van der Waals surface area contributed by atoms with Crippen LogP contribution in [0.15, 0.2) is 11.6 Å². The predicted molar refractivity (Wildman–Crippen MR) is 116 cm³/mol. The lowest BCUT2D eigenvalue weighted by Crippen LogP contribution is -2.49. The zero-order valence-electron chi connectivity index (χ0n) is 18.9. The third kappa shape index (κ3) is 3.73. The zero-order chi connectivity index (χ0) is 20.0. The summed E-state index contributed by atoms with van der Waals surface area (Å²) in [6.07, 6.45) is 17.5. The summed E-state index contributed by atoms with van der Waals surface area (Å²) in [5.41, 5.74) is 2.29. The van der Waals surface area contributed by atoms with E-state index in [1.165, 1.54) is 64.2 Å². The molecule has 0 heterocycles. The molecular weight excluding hydrogens is 344 g/mol. The van der Waals surface area contributed by atoms with Crippen molar-refractivity contribution < 1.29 is 9.84 Å². The number of rotatable bonds is 6. The molecule has 0 spiro atoms. The summed E-state index contributed by atoms with van der Waals surface area (Å²) in [5.74, 6) is 3.66. The Bertz CT molecular complexity index is 588. The van der Waals surface area contributed by atoms with Crippen LogP contribution in [0.4, 0.5) is 0 Å². The molecule has 0 saturated heterocycles. The first-order chi connectivity index (χ1) is 13.2. The van der Waals surface area contributed by atoms with Crippen LogP contribution in [0.1, 0.15) is 98.3 Å². The summed E-state index contributed by atoms with van der Waals surface area (Å²) >= 11 is 0. The van der Waals surface area contributed by atoms with Crippen molar-refractivity contribution in [3.05, 3.63) is 11.6 Å². The fourth-order valence-corrected chi connectivity index (χ4v) is 7.93. The van der Waals surface area contributed by atoms with Crippen molar-refractivity contribution in [1.82, 2.24) is 0 Å². The summed E-state index contributed by atoms with van der Waals surface area (Å²) in [6, 6.07) is 0. The minimum atomic E-state index is -0.606. The summed E-state index contributed by atoms with van der Waals surface area (Å²) in [4.78, 5) is 0. The lowest BCUT2D eigenvalue weighted by Gasteiger charge is -2.57. The van der Waals surface area contributed by atoms with E-state index in [0.717, 1.165) is 36.7 Å². The molecule has 0 aromatic rings. The van der Waals surface area contributed by atoms with Crippen molar-refractivity contribution in [2.75, 3.05) is 13.2 Å². The van der Waals surface area contributed by atoms with Gasteiger partial charge in [0, 0.05) is 13.2 Å². The van der Waals surface area contributed by atoms with Crippen LogP contribution < -0.4 is 0 Å². The van der Waals surface area contributed by atoms with Crippen LogP contribution >= 0.6 is 0 Å². The second kappa shape index (κ2) is 7.73. The summed E-state index contributed by atoms with van der Waals surface area (Å²) in [6.45, 7) is 10.6. The van der Waals surface area contributed by atoms with Gasteiger partial charge in [0.1, 0.15) is 0 Å². The smallest absolute Gasteiger partial charge is 0.0613 e. The molecule has 0 unspecified atom stereocenters. The van der Waals surface area contributed by atoms with Gasteiger partial charge < -0.3 is 9.84 Å². The molecule has 6 atom stereocenters. The maximum Gasteiger partial charge on any atom is 0.0613 e. The Labute approximate surface area is 173 Å². The van der Waals surface area contributed by atoms with E-state index in [1.807, 2.05) is 19.4 Å². The number of allylic oxidation sites excluding steroid dienone is 2. The van der Waals surface area contributed by atoms with Crippen molar-refractivity contribution in [3.63, 3.8) is 0 Å². The molecule has 0 amide bonds. The van der Waals surface area contributed by atoms with Crippen LogP contribution in [-0.2, 0) is 4.74 Å². The molecule has 3 saturated carbocycles. The van der Waals surface area contributed by atoms with Crippen LogP contribution in [0.5, 0.6) is 0 Å². The van der Waals surface area contributed by atoms with E-state index < -0.39 is 5.60 Å². The number of ether oxygens (including phenoxy) is 1. The van der Waals surface area contributed by atoms with Gasteiger partial charge in [-0.2, -0.15) is 0 Å². The molecule has 2 heteroatoms. The molecule has 3 fully saturated rings. The van der Waals surface area contributed by atoms with Gasteiger partial charge in [-0.1, -0.05) is 31.9 Å². The molecule has 28 heavy (non-hydrogen) atoms. The topological polar surface area (TPSA) is 29.5 Å². The Morgan fingerprint density at radius 3 is 2.68 bits per heavy atom. The van der Waals surface area contributed by atoms with E-state index >= 15 is 0 Å². The summed E-state index contributed by atoms with van der Waals surface area (Å²) in [7, 11) is 0. The van der Waals surface area contributed by atoms with Crippen molar-refractivity contribution in [2.24, 2.45) is 34.5 Å². The third-order valence-corrected chi connectivity index (χ3v) is 9.68. The predicted octanol–water partition coefficient (Wildman–Crippen LogP) is 6.52. The normalized spacial score (nSPS) is 43.1. The standard InChI is InChI=1S/C26H44O2/c1-24(2,27)16-18-28-17-13-20-9-11-22-21-10-8-19-7-5-6-14-25(19,3)23(21)12-15-26(20,22)4/h8,20-23,27H,5-7,9-18H2,1-4H3/t20-,21-,22-,23-,25-,26+/m0/s1. The van der Waals surface area contributed by atoms with Crippen LogP contribution in [0, 0.1) is 34.5 Å². The monoisotopic (exact) mass is 388 g/mol. The van der Waals surface area contributed by atoms with Crippen molar-refractivity contribution in [1.29, 1.82) is 0 Å². The highest BCUT2D eigenvalue weighted by atomic mass is 16.5. The fraction of sp³-hybridized carbons (Fsp3) is 0.923. The fourth-order valence-electron chi connectivity index (χ4n) is 7.93. The molecule has 4 rings (SSSR count). The van der Waals surface area contributed by atoms with Gasteiger partial charge >= 0.3 is 0 Å². The van der Waals surface area contributed by atoms with E-state index in [9.17, 15) is 5.11 Å². The molecule has 0 radical (unpaired) electrons. The minimum Gasteiger partial charge on any atom is -0.390 e. The second-order valence-corrected chi connectivity index (χ2v) is 11.7. The summed E-state index contributed by atoms with van der Waals surface area (Å²) < 4.78 is 5.92. The van der Waals surface area contributed by atoms with Gasteiger partial charge in [-0.25, -0.2) is 0 Å². The van der Waals surface area contributed by atoms with E-state index in [-0.39, 0.29) is 0 Å². The van der Waals surface area contributed by atoms with Crippen LogP contribution in [-0.4, -0.2) is 23.9 Å². The molecule has 0 aliphatic heterocycles. The van der Waals surface area contributed by atoms with E-state index in [2.05, 4.69) is 19.9 Å². The first-order valence-corrected chi connectivity index (χ1v) is 12.2. The number of hydrogen-bond donors (Lipinski definition) is 1. The van der Waals surface area contributed by atoms with E-state index in [0.29, 0.717) is 17.4 Å². The first-order valence-electron chi connectivity index (χ1n) is 12.2. The van der Waals surface area contributed by atoms with Gasteiger partial charge in [-0.15, -0.1) is 0 Å². The van der Waals surface area contributed by atoms with Gasteiger partial charge in [-0.05, 0) is 113 Å². The summed E-state index contributed by atoms with van der Waals surface area (Å²) in [5, 5.41) is 9.85. The number of aliphatic hydroxyl groups is 1. The SMILES string of the molecule is CC(C)(O)CCOCC[C@@H]1CC[C@H]2[C@@H]3CC=C4CCCC[C@]4(C)[C@H]3CC[C@]12C. The molecule has 160 valence electrons. The van der Waals surface area contributed by atoms with Crippen molar-refractivity contribution in [3.8, 4) is 0 Å². The van der Waals surface area contributed by atoms with Gasteiger partial charge in [0.15, 0.2) is 0 Å². The highest BCUT2D eigenvalue weighted by molar-refractivity contribution is 5.24. The lowest BCUT2D eigenvalue weighted by molar-refractivity contribution is -0.0469. The molecular formula is C26H44O2. The number of fused-ring (bicyclic) bond motifs is 5. The Balaban J connectivity index is 1.38. The van der Waals surface area contributed by atoms with Gasteiger partial charge in [0.05, 0.1) is 5.60 Å². The Morgan fingerprint density at radius 1 is 1.07 bits per heavy atom. The molecule has 2 nitrogen and oxygen atoms in total. The highest BCUT2D eigenvalue weighted by Gasteiger charge is 2.57. The van der Waals surface area contributed by atoms with Crippen molar-refractivity contribution in [2.45, 2.75) is 104 Å². The van der Waals surface area contributed by atoms with Crippen LogP contribution in [0.25, 0.3) is 0 Å². The average Bonchev–Trinajstić information content (AvgIpc) is 2.96. The largest absolute Gasteiger partial charge is 0.390 e. The molecule has 4 aliphatic rings. The van der Waals surface area contributed by atoms with E-state index in [1.54, 1.807) is 0 Å². The van der Waals surface area contributed by atoms with Gasteiger partial charge in [-0.3, -0.25) is 0 Å². The van der Waals surface area contributed by atoms with Crippen LogP contribution in [0.2, 0.25) is 0 Å². The quantitative estimate of drug-likeness (QED) is 0.414. The Morgan fingerprint density at radius 2 is 1.89 bits per heavy atom. The molecule has 0 aromatic carbocycles. The van der Waals surface area contributed by atoms with Crippen LogP contribution in [0.3, 0.4) is 0 Å². The lowest BCUT2D eigenvalue weighted by atomic mass is 9.47. The Hall–Kier alpha value is -0.340. The second-order valence-electron chi connectivity index (χ2n) is 11.7. The maximum absolute atomic E-state index is 9.85. The number of hydrogen-bond acceptors (Lipinski definition) is 2. The van der Waals surface area contributed by atoms with Crippen molar-refractivity contribution >= 4 is 0 Å². The third-order valence-electron chi connectivity index (χ3n) is 9.68. The average molecular weight is 389 g/mol. The first kappa shape index (κ1) is 20.9. The Kier molecular flexibility index (Phi) is 5.77. The molecule has 0 aromatic heterocycles. The zero-order valence-corrected chi connectivity index (χ0v) is 18.9. The maximum atomic E-state index is 9.85. The minimum absolute atomic E-state index is 0.529. The van der Waals surface area contributed by atoms with E-state index in [4.69, 9.17) is 4.74 Å². The molecule has 0 bridgehead atoms. The highest BCUT2D eigenvalue weighted by Crippen LogP contribution is 2.66.